The summed E-state index contributed by atoms with van der Waals surface area (Å²) in [6.07, 6.45) is 3.59. The lowest BCUT2D eigenvalue weighted by Crippen LogP contribution is -2.35. The van der Waals surface area contributed by atoms with Crippen molar-refractivity contribution < 1.29 is 33.0 Å². The molecule has 2 aromatic carbocycles. The quantitative estimate of drug-likeness (QED) is 0.439. The summed E-state index contributed by atoms with van der Waals surface area (Å²) >= 11 is 0. The molecule has 37 heavy (non-hydrogen) atoms. The van der Waals surface area contributed by atoms with Gasteiger partial charge in [0, 0.05) is 37.4 Å². The molecule has 0 aromatic heterocycles. The van der Waals surface area contributed by atoms with Crippen LogP contribution < -0.4 is 20.3 Å². The molecule has 8 nitrogen and oxygen atoms in total. The van der Waals surface area contributed by atoms with Crippen LogP contribution in [0, 0.1) is 17.6 Å². The smallest absolute Gasteiger partial charge is 0.306 e. The number of nitrogens with one attached hydrogen (secondary N) is 2. The van der Waals surface area contributed by atoms with Crippen LogP contribution in [0.5, 0.6) is 5.75 Å². The molecule has 2 fully saturated rings. The van der Waals surface area contributed by atoms with Crippen LogP contribution in [0.15, 0.2) is 36.4 Å². The molecule has 3 N–H and O–H groups in total. The summed E-state index contributed by atoms with van der Waals surface area (Å²) in [4.78, 5) is 38.0. The highest BCUT2D eigenvalue weighted by Gasteiger charge is 2.28. The van der Waals surface area contributed by atoms with E-state index in [0.29, 0.717) is 31.2 Å². The summed E-state index contributed by atoms with van der Waals surface area (Å²) in [5.74, 6) is -5.31. The number of nitrogens with zero attached hydrogens (tertiary/aromatic N) is 1. The molecule has 198 valence electrons. The van der Waals surface area contributed by atoms with Gasteiger partial charge in [-0.15, -0.1) is 0 Å². The van der Waals surface area contributed by atoms with E-state index < -0.39 is 41.1 Å². The van der Waals surface area contributed by atoms with Gasteiger partial charge in [0.25, 0.3) is 11.8 Å². The molecule has 1 aliphatic carbocycles. The third-order valence-corrected chi connectivity index (χ3v) is 6.91. The Morgan fingerprint density at radius 3 is 2.11 bits per heavy atom. The third-order valence-electron chi connectivity index (χ3n) is 6.91. The maximum atomic E-state index is 14.6. The van der Waals surface area contributed by atoms with E-state index in [-0.39, 0.29) is 24.7 Å². The molecular formula is C27H31F2N3O5. The number of carbonyl (C=O) groups excluding carboxylic acids is 2. The van der Waals surface area contributed by atoms with Crippen molar-refractivity contribution >= 4 is 23.5 Å². The average Bonchev–Trinajstić information content (AvgIpc) is 3.45. The molecule has 0 radical (unpaired) electrons. The second-order valence-electron chi connectivity index (χ2n) is 9.42. The van der Waals surface area contributed by atoms with Crippen molar-refractivity contribution in [2.75, 3.05) is 31.1 Å². The number of amides is 2. The number of carboxylic acids is 1. The number of carbonyl (C=O) groups is 3. The van der Waals surface area contributed by atoms with E-state index in [1.165, 1.54) is 18.9 Å². The number of aliphatic carboxylic acids is 1. The fraction of sp³-hybridized carbons (Fsp3) is 0.444. The first-order valence-electron chi connectivity index (χ1n) is 12.6. The topological polar surface area (TPSA) is 108 Å². The number of anilines is 1. The van der Waals surface area contributed by atoms with Gasteiger partial charge in [-0.05, 0) is 74.9 Å². The fourth-order valence-electron chi connectivity index (χ4n) is 4.75. The third kappa shape index (κ3) is 6.55. The van der Waals surface area contributed by atoms with E-state index >= 15 is 0 Å². The first-order chi connectivity index (χ1) is 17.8. The molecule has 0 spiro atoms. The molecule has 2 aromatic rings. The Balaban J connectivity index is 1.23. The first-order valence-corrected chi connectivity index (χ1v) is 12.6. The van der Waals surface area contributed by atoms with Crippen molar-refractivity contribution in [1.29, 1.82) is 0 Å². The second-order valence-corrected chi connectivity index (χ2v) is 9.42. The zero-order chi connectivity index (χ0) is 26.4. The van der Waals surface area contributed by atoms with E-state index in [9.17, 15) is 23.2 Å². The molecule has 1 aliphatic heterocycles. The Hall–Kier alpha value is -3.69. The largest absolute Gasteiger partial charge is 0.487 e. The molecule has 1 saturated heterocycles. The van der Waals surface area contributed by atoms with Crippen LogP contribution in [0.4, 0.5) is 14.5 Å². The first kappa shape index (κ1) is 26.4. The van der Waals surface area contributed by atoms with E-state index in [1.807, 2.05) is 12.1 Å². The molecular weight excluding hydrogens is 484 g/mol. The van der Waals surface area contributed by atoms with Gasteiger partial charge in [0.2, 0.25) is 5.82 Å². The van der Waals surface area contributed by atoms with Gasteiger partial charge in [-0.2, -0.15) is 4.39 Å². The zero-order valence-electron chi connectivity index (χ0n) is 20.5. The predicted molar refractivity (Wildman–Crippen MR) is 133 cm³/mol. The summed E-state index contributed by atoms with van der Waals surface area (Å²) in [5.41, 5.74) is 1.11. The molecule has 1 heterocycles. The predicted octanol–water partition coefficient (Wildman–Crippen LogP) is 3.75. The number of ether oxygens (including phenoxy) is 1. The summed E-state index contributed by atoms with van der Waals surface area (Å²) in [6.45, 7) is 2.17. The Morgan fingerprint density at radius 2 is 1.49 bits per heavy atom. The van der Waals surface area contributed by atoms with Crippen molar-refractivity contribution in [2.24, 2.45) is 5.92 Å². The highest BCUT2D eigenvalue weighted by molar-refractivity contribution is 5.95. The van der Waals surface area contributed by atoms with Gasteiger partial charge in [0.15, 0.2) is 11.6 Å². The Morgan fingerprint density at radius 1 is 0.865 bits per heavy atom. The van der Waals surface area contributed by atoms with Gasteiger partial charge in [-0.1, -0.05) is 0 Å². The number of rotatable bonds is 9. The molecule has 0 bridgehead atoms. The molecule has 0 unspecified atom stereocenters. The molecule has 2 aliphatic rings. The fourth-order valence-corrected chi connectivity index (χ4v) is 4.75. The van der Waals surface area contributed by atoms with E-state index in [1.54, 1.807) is 12.1 Å². The van der Waals surface area contributed by atoms with Crippen LogP contribution >= 0.6 is 0 Å². The lowest BCUT2D eigenvalue weighted by molar-refractivity contribution is -0.143. The minimum absolute atomic E-state index is 0.0303. The van der Waals surface area contributed by atoms with Crippen molar-refractivity contribution in [3.05, 3.63) is 59.2 Å². The molecule has 0 atom stereocenters. The van der Waals surface area contributed by atoms with Crippen LogP contribution in [0.2, 0.25) is 0 Å². The van der Waals surface area contributed by atoms with Crippen LogP contribution in [-0.4, -0.2) is 55.2 Å². The van der Waals surface area contributed by atoms with Gasteiger partial charge >= 0.3 is 5.97 Å². The van der Waals surface area contributed by atoms with Crippen molar-refractivity contribution in [3.63, 3.8) is 0 Å². The SMILES string of the molecule is O=C(NCCNC(=O)c1ccc(OC2CCC(C(=O)O)CC2)c(F)c1F)c1ccc(N2CCCC2)cc1. The van der Waals surface area contributed by atoms with Gasteiger partial charge in [0.1, 0.15) is 0 Å². The lowest BCUT2D eigenvalue weighted by Gasteiger charge is -2.27. The number of hydrogen-bond acceptors (Lipinski definition) is 5. The number of benzene rings is 2. The summed E-state index contributed by atoms with van der Waals surface area (Å²) in [5, 5.41) is 14.2. The molecule has 4 rings (SSSR count). The van der Waals surface area contributed by atoms with Gasteiger partial charge < -0.3 is 25.4 Å². The van der Waals surface area contributed by atoms with Crippen molar-refractivity contribution in [2.45, 2.75) is 44.6 Å². The normalized spacial score (nSPS) is 19.4. The summed E-state index contributed by atoms with van der Waals surface area (Å²) in [6, 6.07) is 9.67. The van der Waals surface area contributed by atoms with Crippen LogP contribution in [0.3, 0.4) is 0 Å². The van der Waals surface area contributed by atoms with Crippen LogP contribution in [0.1, 0.15) is 59.2 Å². The average molecular weight is 516 g/mol. The van der Waals surface area contributed by atoms with Crippen molar-refractivity contribution in [1.82, 2.24) is 10.6 Å². The van der Waals surface area contributed by atoms with Crippen LogP contribution in [0.25, 0.3) is 0 Å². The van der Waals surface area contributed by atoms with Crippen LogP contribution in [-0.2, 0) is 4.79 Å². The number of halogens is 2. The number of carboxylic acid groups (broad SMARTS) is 1. The Kier molecular flexibility index (Phi) is 8.58. The van der Waals surface area contributed by atoms with Gasteiger partial charge in [0.05, 0.1) is 17.6 Å². The maximum Gasteiger partial charge on any atom is 0.306 e. The standard InChI is InChI=1S/C27H31F2N3O5/c28-23-21(11-12-22(24(23)29)37-20-9-5-18(6-10-20)27(35)36)26(34)31-14-13-30-25(33)17-3-7-19(8-4-17)32-15-1-2-16-32/h3-4,7-8,11-12,18,20H,1-2,5-6,9-10,13-16H2,(H,30,33)(H,31,34)(H,35,36). The summed E-state index contributed by atoms with van der Waals surface area (Å²) in [7, 11) is 0. The Labute approximate surface area is 214 Å². The van der Waals surface area contributed by atoms with E-state index in [0.717, 1.165) is 24.8 Å². The number of hydrogen-bond donors (Lipinski definition) is 3. The minimum atomic E-state index is -1.32. The van der Waals surface area contributed by atoms with Gasteiger partial charge in [-0.3, -0.25) is 14.4 Å². The van der Waals surface area contributed by atoms with Crippen molar-refractivity contribution in [3.8, 4) is 5.75 Å². The van der Waals surface area contributed by atoms with Gasteiger partial charge in [-0.25, -0.2) is 4.39 Å². The summed E-state index contributed by atoms with van der Waals surface area (Å²) < 4.78 is 34.7. The maximum absolute atomic E-state index is 14.6. The van der Waals surface area contributed by atoms with E-state index in [4.69, 9.17) is 9.84 Å². The second kappa shape index (κ2) is 12.0. The zero-order valence-corrected chi connectivity index (χ0v) is 20.5. The lowest BCUT2D eigenvalue weighted by atomic mass is 9.87. The minimum Gasteiger partial charge on any atom is -0.487 e. The Bertz CT molecular complexity index is 1130. The molecule has 2 amide bonds. The van der Waals surface area contributed by atoms with E-state index in [2.05, 4.69) is 15.5 Å². The molecule has 10 heteroatoms. The molecule has 1 saturated carbocycles. The highest BCUT2D eigenvalue weighted by atomic mass is 19.2. The monoisotopic (exact) mass is 515 g/mol. The highest BCUT2D eigenvalue weighted by Crippen LogP contribution is 2.30.